The summed E-state index contributed by atoms with van der Waals surface area (Å²) in [6, 6.07) is 11.6. The number of piperidine rings is 1. The van der Waals surface area contributed by atoms with E-state index in [1.54, 1.807) is 64.5 Å². The van der Waals surface area contributed by atoms with E-state index in [9.17, 15) is 19.2 Å². The molecule has 0 radical (unpaired) electrons. The number of benzene rings is 2. The molecule has 1 aliphatic rings. The van der Waals surface area contributed by atoms with Gasteiger partial charge in [-0.2, -0.15) is 0 Å². The minimum Gasteiger partial charge on any atom is -0.493 e. The summed E-state index contributed by atoms with van der Waals surface area (Å²) in [5.74, 6) is -1.34. The van der Waals surface area contributed by atoms with E-state index in [4.69, 9.17) is 28.8 Å². The van der Waals surface area contributed by atoms with Gasteiger partial charge in [0.2, 0.25) is 5.78 Å². The predicted molar refractivity (Wildman–Crippen MR) is 170 cm³/mol. The first-order valence-corrected chi connectivity index (χ1v) is 15.4. The highest BCUT2D eigenvalue weighted by molar-refractivity contribution is 6.38. The Balaban J connectivity index is 1.84. The normalized spacial score (nSPS) is 15.4. The van der Waals surface area contributed by atoms with Gasteiger partial charge in [-0.05, 0) is 67.5 Å². The summed E-state index contributed by atoms with van der Waals surface area (Å²) in [5.41, 5.74) is 0.482. The van der Waals surface area contributed by atoms with Crippen molar-refractivity contribution in [1.82, 2.24) is 4.90 Å². The summed E-state index contributed by atoms with van der Waals surface area (Å²) in [6.07, 6.45) is 3.29. The zero-order valence-electron chi connectivity index (χ0n) is 27.1. The Morgan fingerprint density at radius 2 is 1.83 bits per heavy atom. The number of carboxylic acids is 1. The number of esters is 1. The van der Waals surface area contributed by atoms with Crippen LogP contribution in [0.2, 0.25) is 0 Å². The molecule has 1 heterocycles. The average Bonchev–Trinajstić information content (AvgIpc) is 3.05. The van der Waals surface area contributed by atoms with E-state index in [0.29, 0.717) is 54.9 Å². The smallest absolute Gasteiger partial charge is 0.329 e. The molecule has 3 rings (SSSR count). The quantitative estimate of drug-likeness (QED) is 0.103. The van der Waals surface area contributed by atoms with Crippen molar-refractivity contribution in [2.45, 2.75) is 64.5 Å². The number of hydrogen-bond donors (Lipinski definition) is 1. The molecule has 250 valence electrons. The van der Waals surface area contributed by atoms with Crippen LogP contribution in [0.5, 0.6) is 17.2 Å². The van der Waals surface area contributed by atoms with Crippen molar-refractivity contribution in [3.63, 3.8) is 0 Å². The first-order chi connectivity index (χ1) is 22.0. The van der Waals surface area contributed by atoms with Gasteiger partial charge in [-0.25, -0.2) is 4.79 Å². The Hall–Kier alpha value is -4.38. The van der Waals surface area contributed by atoms with Gasteiger partial charge in [0.05, 0.1) is 45.9 Å². The number of Topliss-reactive ketones (excluding diaryl/α,β-unsaturated/α-hetero) is 1. The molecule has 1 amide bonds. The number of likely N-dealkylation sites (tertiary alicyclic amines) is 1. The summed E-state index contributed by atoms with van der Waals surface area (Å²) in [6.45, 7) is 7.42. The van der Waals surface area contributed by atoms with E-state index in [1.807, 2.05) is 12.1 Å². The van der Waals surface area contributed by atoms with Gasteiger partial charge in [0.1, 0.15) is 17.9 Å². The Labute approximate surface area is 270 Å². The number of rotatable bonds is 18. The fourth-order valence-electron chi connectivity index (χ4n) is 5.21. The maximum atomic E-state index is 13.8. The van der Waals surface area contributed by atoms with Crippen molar-refractivity contribution in [3.8, 4) is 17.2 Å². The van der Waals surface area contributed by atoms with Gasteiger partial charge in [0.15, 0.2) is 11.5 Å². The van der Waals surface area contributed by atoms with E-state index in [0.717, 1.165) is 5.56 Å². The lowest BCUT2D eigenvalue weighted by Crippen LogP contribution is -2.53. The Morgan fingerprint density at radius 3 is 2.52 bits per heavy atom. The molecular weight excluding hydrogens is 594 g/mol. The zero-order chi connectivity index (χ0) is 33.7. The molecule has 1 N–H and O–H groups in total. The molecular formula is C35H45NO10. The van der Waals surface area contributed by atoms with E-state index < -0.39 is 41.2 Å². The molecule has 0 aromatic heterocycles. The molecule has 2 aromatic rings. The number of carboxylic acid groups (broad SMARTS) is 1. The van der Waals surface area contributed by atoms with Crippen molar-refractivity contribution in [1.29, 1.82) is 0 Å². The Morgan fingerprint density at radius 1 is 1.07 bits per heavy atom. The molecule has 0 saturated carbocycles. The largest absolute Gasteiger partial charge is 0.493 e. The van der Waals surface area contributed by atoms with Gasteiger partial charge in [0, 0.05) is 6.54 Å². The van der Waals surface area contributed by atoms with Gasteiger partial charge < -0.3 is 33.7 Å². The topological polar surface area (TPSA) is 138 Å². The van der Waals surface area contributed by atoms with Gasteiger partial charge in [-0.3, -0.25) is 14.4 Å². The highest BCUT2D eigenvalue weighted by Crippen LogP contribution is 2.32. The predicted octanol–water partition coefficient (Wildman–Crippen LogP) is 4.95. The minimum absolute atomic E-state index is 0.0168. The van der Waals surface area contributed by atoms with E-state index in [-0.39, 0.29) is 32.8 Å². The maximum absolute atomic E-state index is 13.8. The molecule has 0 spiro atoms. The van der Waals surface area contributed by atoms with Crippen LogP contribution in [0, 0.1) is 5.41 Å². The van der Waals surface area contributed by atoms with Gasteiger partial charge in [-0.15, -0.1) is 6.58 Å². The number of carbonyl (C=O) groups excluding carboxylic acids is 3. The second-order valence-corrected chi connectivity index (χ2v) is 11.7. The first kappa shape index (κ1) is 36.1. The number of ketones is 1. The minimum atomic E-state index is -1.09. The molecule has 11 nitrogen and oxygen atoms in total. The molecule has 1 saturated heterocycles. The van der Waals surface area contributed by atoms with E-state index in [2.05, 4.69) is 6.58 Å². The molecule has 1 aliphatic heterocycles. The van der Waals surface area contributed by atoms with Crippen molar-refractivity contribution in [2.24, 2.45) is 5.41 Å². The van der Waals surface area contributed by atoms with Gasteiger partial charge in [0.25, 0.3) is 5.91 Å². The summed E-state index contributed by atoms with van der Waals surface area (Å²) in [4.78, 5) is 52.9. The van der Waals surface area contributed by atoms with E-state index >= 15 is 0 Å². The van der Waals surface area contributed by atoms with Crippen LogP contribution in [0.3, 0.4) is 0 Å². The number of carbonyl (C=O) groups is 4. The third-order valence-corrected chi connectivity index (χ3v) is 7.76. The number of amides is 1. The molecule has 0 unspecified atom stereocenters. The number of aliphatic carboxylic acids is 1. The van der Waals surface area contributed by atoms with Crippen molar-refractivity contribution >= 4 is 23.6 Å². The Bertz CT molecular complexity index is 1370. The van der Waals surface area contributed by atoms with Crippen molar-refractivity contribution in [3.05, 3.63) is 66.2 Å². The molecule has 2 atom stereocenters. The van der Waals surface area contributed by atoms with Crippen LogP contribution in [0.25, 0.3) is 0 Å². The van der Waals surface area contributed by atoms with Crippen LogP contribution in [-0.2, 0) is 35.1 Å². The zero-order valence-corrected chi connectivity index (χ0v) is 27.1. The summed E-state index contributed by atoms with van der Waals surface area (Å²) in [5, 5.41) is 8.98. The fourth-order valence-corrected chi connectivity index (χ4v) is 5.21. The maximum Gasteiger partial charge on any atom is 0.329 e. The molecule has 2 aromatic carbocycles. The van der Waals surface area contributed by atoms with Crippen LogP contribution in [0.1, 0.15) is 63.2 Å². The van der Waals surface area contributed by atoms with Crippen molar-refractivity contribution < 1.29 is 48.0 Å². The first-order valence-electron chi connectivity index (χ1n) is 15.4. The number of aryl methyl sites for hydroxylation is 1. The van der Waals surface area contributed by atoms with Gasteiger partial charge >= 0.3 is 11.9 Å². The van der Waals surface area contributed by atoms with Crippen LogP contribution >= 0.6 is 0 Å². The average molecular weight is 640 g/mol. The highest BCUT2D eigenvalue weighted by Gasteiger charge is 2.42. The van der Waals surface area contributed by atoms with Crippen LogP contribution in [-0.4, -0.2) is 80.3 Å². The number of hydrogen-bond acceptors (Lipinski definition) is 9. The monoisotopic (exact) mass is 639 g/mol. The SMILES string of the molecule is C=CCOCC(C)(C)C(=O)C(=O)N1CCCC[C@H]1C(=O)O[C@H](CCc1ccc(OC)c(OC)c1)c1cccc(OCCC(=O)O)c1. The lowest BCUT2D eigenvalue weighted by molar-refractivity contribution is -0.165. The van der Waals surface area contributed by atoms with Gasteiger partial charge in [-0.1, -0.05) is 38.1 Å². The summed E-state index contributed by atoms with van der Waals surface area (Å²) < 4.78 is 28.0. The number of nitrogens with zero attached hydrogens (tertiary/aromatic N) is 1. The standard InChI is InChI=1S/C35H45NO10/c1-6-19-44-23-35(2,3)32(39)33(40)36-18-8-7-12-27(36)34(41)46-28(15-13-24-14-16-29(42-4)30(21-24)43-5)25-10-9-11-26(22-25)45-20-17-31(37)38/h6,9-11,14,16,21-22,27-28H,1,7-8,12-13,15,17-20,23H2,2-5H3,(H,37,38)/t27-,28+/m0/s1. The molecule has 11 heteroatoms. The van der Waals surface area contributed by atoms with E-state index in [1.165, 1.54) is 4.90 Å². The van der Waals surface area contributed by atoms with Crippen molar-refractivity contribution in [2.75, 3.05) is 40.6 Å². The number of methoxy groups -OCH3 is 2. The molecule has 1 fully saturated rings. The van der Waals surface area contributed by atoms with Crippen LogP contribution in [0.15, 0.2) is 55.1 Å². The van der Waals surface area contributed by atoms with Crippen LogP contribution in [0.4, 0.5) is 0 Å². The molecule has 0 bridgehead atoms. The highest BCUT2D eigenvalue weighted by atomic mass is 16.5. The summed E-state index contributed by atoms with van der Waals surface area (Å²) >= 11 is 0. The lowest BCUT2D eigenvalue weighted by atomic mass is 9.87. The lowest BCUT2D eigenvalue weighted by Gasteiger charge is -2.36. The molecule has 0 aliphatic carbocycles. The fraction of sp³-hybridized carbons (Fsp3) is 0.486. The third kappa shape index (κ3) is 10.1. The molecule has 46 heavy (non-hydrogen) atoms. The van der Waals surface area contributed by atoms with Crippen LogP contribution < -0.4 is 14.2 Å². The Kier molecular flexibility index (Phi) is 13.6. The third-order valence-electron chi connectivity index (χ3n) is 7.76. The number of ether oxygens (including phenoxy) is 5. The second-order valence-electron chi connectivity index (χ2n) is 11.7. The second kappa shape index (κ2) is 17.4. The summed E-state index contributed by atoms with van der Waals surface area (Å²) in [7, 11) is 3.11.